The van der Waals surface area contributed by atoms with Crippen LogP contribution < -0.4 is 10.6 Å². The highest BCUT2D eigenvalue weighted by Gasteiger charge is 2.09. The number of aromatic nitrogens is 2. The molecule has 6 heteroatoms. The molecule has 0 radical (unpaired) electrons. The number of rotatable bonds is 5. The molecular formula is C20H19ClN4O. The first kappa shape index (κ1) is 17.9. The van der Waals surface area contributed by atoms with Crippen molar-refractivity contribution < 1.29 is 4.79 Å². The highest BCUT2D eigenvalue weighted by atomic mass is 35.5. The van der Waals surface area contributed by atoms with E-state index in [0.717, 1.165) is 16.8 Å². The Morgan fingerprint density at radius 2 is 1.85 bits per heavy atom. The van der Waals surface area contributed by atoms with E-state index in [1.807, 2.05) is 38.1 Å². The van der Waals surface area contributed by atoms with Gasteiger partial charge in [0.05, 0.1) is 0 Å². The molecule has 132 valence electrons. The lowest BCUT2D eigenvalue weighted by Gasteiger charge is -2.10. The van der Waals surface area contributed by atoms with E-state index in [1.165, 1.54) is 5.56 Å². The Hall–Kier alpha value is -2.92. The van der Waals surface area contributed by atoms with Gasteiger partial charge in [-0.1, -0.05) is 41.4 Å². The number of benzene rings is 2. The maximum absolute atomic E-state index is 12.3. The summed E-state index contributed by atoms with van der Waals surface area (Å²) in [7, 11) is 0. The zero-order valence-electron chi connectivity index (χ0n) is 14.6. The van der Waals surface area contributed by atoms with Crippen molar-refractivity contribution in [2.24, 2.45) is 0 Å². The van der Waals surface area contributed by atoms with Crippen molar-refractivity contribution in [2.45, 2.75) is 20.4 Å². The lowest BCUT2D eigenvalue weighted by Crippen LogP contribution is -2.24. The summed E-state index contributed by atoms with van der Waals surface area (Å²) in [5.41, 5.74) is 4.46. The molecule has 0 bridgehead atoms. The first-order valence-electron chi connectivity index (χ1n) is 8.21. The lowest BCUT2D eigenvalue weighted by atomic mass is 10.1. The maximum atomic E-state index is 12.3. The van der Waals surface area contributed by atoms with Gasteiger partial charge < -0.3 is 10.6 Å². The maximum Gasteiger partial charge on any atom is 0.270 e. The molecule has 3 rings (SSSR count). The second-order valence-electron chi connectivity index (χ2n) is 6.02. The number of amides is 1. The first-order chi connectivity index (χ1) is 12.5. The summed E-state index contributed by atoms with van der Waals surface area (Å²) in [6, 6.07) is 15.0. The number of carbonyl (C=O) groups excluding carboxylic acids is 1. The molecule has 0 saturated carbocycles. The zero-order chi connectivity index (χ0) is 18.5. The van der Waals surface area contributed by atoms with Gasteiger partial charge in [0.1, 0.15) is 5.69 Å². The van der Waals surface area contributed by atoms with Crippen molar-refractivity contribution in [1.82, 2.24) is 15.3 Å². The monoisotopic (exact) mass is 366 g/mol. The molecule has 1 amide bonds. The number of aryl methyl sites for hydroxylation is 2. The number of nitrogens with one attached hydrogen (secondary N) is 2. The van der Waals surface area contributed by atoms with Crippen molar-refractivity contribution in [3.8, 4) is 0 Å². The van der Waals surface area contributed by atoms with E-state index < -0.39 is 0 Å². The lowest BCUT2D eigenvalue weighted by molar-refractivity contribution is 0.0946. The zero-order valence-corrected chi connectivity index (χ0v) is 15.3. The van der Waals surface area contributed by atoms with E-state index >= 15 is 0 Å². The summed E-state index contributed by atoms with van der Waals surface area (Å²) in [5, 5.41) is 6.67. The van der Waals surface area contributed by atoms with Gasteiger partial charge in [-0.3, -0.25) is 4.79 Å². The van der Waals surface area contributed by atoms with E-state index in [2.05, 4.69) is 26.7 Å². The van der Waals surface area contributed by atoms with E-state index in [0.29, 0.717) is 23.2 Å². The summed E-state index contributed by atoms with van der Waals surface area (Å²) in [4.78, 5) is 20.8. The van der Waals surface area contributed by atoms with Gasteiger partial charge in [0.2, 0.25) is 5.95 Å². The Labute approximate surface area is 157 Å². The van der Waals surface area contributed by atoms with E-state index in [-0.39, 0.29) is 5.91 Å². The Balaban J connectivity index is 1.68. The minimum atomic E-state index is -0.258. The fourth-order valence-electron chi connectivity index (χ4n) is 2.49. The topological polar surface area (TPSA) is 66.9 Å². The average Bonchev–Trinajstić information content (AvgIpc) is 2.63. The summed E-state index contributed by atoms with van der Waals surface area (Å²) >= 11 is 5.86. The highest BCUT2D eigenvalue weighted by molar-refractivity contribution is 6.30. The minimum absolute atomic E-state index is 0.258. The van der Waals surface area contributed by atoms with Crippen LogP contribution in [0.3, 0.4) is 0 Å². The Bertz CT molecular complexity index is 925. The van der Waals surface area contributed by atoms with Crippen LogP contribution in [0.2, 0.25) is 5.02 Å². The van der Waals surface area contributed by atoms with Gasteiger partial charge in [-0.25, -0.2) is 9.97 Å². The van der Waals surface area contributed by atoms with Gasteiger partial charge in [0.15, 0.2) is 0 Å². The summed E-state index contributed by atoms with van der Waals surface area (Å²) in [6.45, 7) is 4.46. The van der Waals surface area contributed by atoms with Crippen LogP contribution in [0.25, 0.3) is 0 Å². The molecule has 0 spiro atoms. The Morgan fingerprint density at radius 3 is 2.58 bits per heavy atom. The standard InChI is InChI=1S/C20H19ClN4O/c1-13-3-8-17(14(2)11-13)24-20-22-10-9-18(25-20)19(26)23-12-15-4-6-16(21)7-5-15/h3-11H,12H2,1-2H3,(H,23,26)(H,22,24,25). The molecule has 1 aromatic heterocycles. The Morgan fingerprint density at radius 1 is 1.08 bits per heavy atom. The number of carbonyl (C=O) groups is 1. The molecule has 0 saturated heterocycles. The third kappa shape index (κ3) is 4.58. The third-order valence-electron chi connectivity index (χ3n) is 3.88. The van der Waals surface area contributed by atoms with Gasteiger partial charge >= 0.3 is 0 Å². The summed E-state index contributed by atoms with van der Waals surface area (Å²) < 4.78 is 0. The van der Waals surface area contributed by atoms with E-state index in [1.54, 1.807) is 24.4 Å². The van der Waals surface area contributed by atoms with E-state index in [9.17, 15) is 4.79 Å². The molecule has 3 aromatic rings. The predicted molar refractivity (Wildman–Crippen MR) is 104 cm³/mol. The first-order valence-corrected chi connectivity index (χ1v) is 8.59. The van der Waals surface area contributed by atoms with Gasteiger partial charge in [-0.2, -0.15) is 0 Å². The number of anilines is 2. The number of halogens is 1. The van der Waals surface area contributed by atoms with Crippen molar-refractivity contribution in [3.63, 3.8) is 0 Å². The molecule has 0 unspecified atom stereocenters. The third-order valence-corrected chi connectivity index (χ3v) is 4.13. The fraction of sp³-hybridized carbons (Fsp3) is 0.150. The van der Waals surface area contributed by atoms with Crippen LogP contribution in [0.4, 0.5) is 11.6 Å². The summed E-state index contributed by atoms with van der Waals surface area (Å²) in [6.07, 6.45) is 1.57. The van der Waals surface area contributed by atoms with Crippen LogP contribution in [0.15, 0.2) is 54.7 Å². The molecule has 2 aromatic carbocycles. The van der Waals surface area contributed by atoms with Crippen LogP contribution in [0, 0.1) is 13.8 Å². The van der Waals surface area contributed by atoms with Gasteiger partial charge in [0, 0.05) is 23.5 Å². The van der Waals surface area contributed by atoms with Crippen LogP contribution in [0.5, 0.6) is 0 Å². The fourth-order valence-corrected chi connectivity index (χ4v) is 2.62. The van der Waals surface area contributed by atoms with Crippen molar-refractivity contribution in [2.75, 3.05) is 5.32 Å². The molecule has 0 aliphatic rings. The summed E-state index contributed by atoms with van der Waals surface area (Å²) in [5.74, 6) is 0.127. The molecule has 2 N–H and O–H groups in total. The average molecular weight is 367 g/mol. The van der Waals surface area contributed by atoms with Crippen LogP contribution >= 0.6 is 11.6 Å². The number of nitrogens with zero attached hydrogens (tertiary/aromatic N) is 2. The van der Waals surface area contributed by atoms with Gasteiger partial charge in [0.25, 0.3) is 5.91 Å². The second-order valence-corrected chi connectivity index (χ2v) is 6.45. The number of hydrogen-bond acceptors (Lipinski definition) is 4. The normalized spacial score (nSPS) is 10.4. The SMILES string of the molecule is Cc1ccc(Nc2nccc(C(=O)NCc3ccc(Cl)cc3)n2)c(C)c1. The molecular weight excluding hydrogens is 348 g/mol. The van der Waals surface area contributed by atoms with Crippen LogP contribution in [-0.4, -0.2) is 15.9 Å². The molecule has 0 atom stereocenters. The van der Waals surface area contributed by atoms with Crippen LogP contribution in [0.1, 0.15) is 27.2 Å². The largest absolute Gasteiger partial charge is 0.347 e. The van der Waals surface area contributed by atoms with Crippen molar-refractivity contribution >= 4 is 29.1 Å². The van der Waals surface area contributed by atoms with Crippen LogP contribution in [-0.2, 0) is 6.54 Å². The second kappa shape index (κ2) is 7.97. The minimum Gasteiger partial charge on any atom is -0.347 e. The molecule has 0 fully saturated rings. The van der Waals surface area contributed by atoms with Gasteiger partial charge in [-0.15, -0.1) is 0 Å². The van der Waals surface area contributed by atoms with Crippen molar-refractivity contribution in [3.05, 3.63) is 82.1 Å². The quantitative estimate of drug-likeness (QED) is 0.701. The van der Waals surface area contributed by atoms with E-state index in [4.69, 9.17) is 11.6 Å². The number of hydrogen-bond donors (Lipinski definition) is 2. The molecule has 5 nitrogen and oxygen atoms in total. The smallest absolute Gasteiger partial charge is 0.270 e. The highest BCUT2D eigenvalue weighted by Crippen LogP contribution is 2.19. The predicted octanol–water partition coefficient (Wildman–Crippen LogP) is 4.42. The molecule has 0 aliphatic heterocycles. The molecule has 0 aliphatic carbocycles. The molecule has 26 heavy (non-hydrogen) atoms. The Kier molecular flexibility index (Phi) is 5.49. The molecule has 1 heterocycles. The van der Waals surface area contributed by atoms with Gasteiger partial charge in [-0.05, 0) is 49.2 Å². The van der Waals surface area contributed by atoms with Crippen molar-refractivity contribution in [1.29, 1.82) is 0 Å².